The van der Waals surface area contributed by atoms with Gasteiger partial charge in [-0.1, -0.05) is 11.2 Å². The molecule has 17 heavy (non-hydrogen) atoms. The highest BCUT2D eigenvalue weighted by Crippen LogP contribution is 2.33. The van der Waals surface area contributed by atoms with Crippen molar-refractivity contribution >= 4 is 0 Å². The third-order valence-electron chi connectivity index (χ3n) is 3.14. The highest BCUT2D eigenvalue weighted by Gasteiger charge is 2.34. The summed E-state index contributed by atoms with van der Waals surface area (Å²) in [4.78, 5) is 8.74. The van der Waals surface area contributed by atoms with Crippen LogP contribution in [0.1, 0.15) is 29.2 Å². The zero-order valence-corrected chi connectivity index (χ0v) is 9.63. The molecule has 1 aliphatic rings. The van der Waals surface area contributed by atoms with E-state index in [1.54, 1.807) is 0 Å². The minimum atomic E-state index is 0.228. The van der Waals surface area contributed by atoms with Crippen LogP contribution in [0.15, 0.2) is 28.9 Å². The van der Waals surface area contributed by atoms with Crippen LogP contribution < -0.4 is 5.32 Å². The van der Waals surface area contributed by atoms with Gasteiger partial charge in [-0.25, -0.2) is 0 Å². The van der Waals surface area contributed by atoms with Crippen LogP contribution in [-0.4, -0.2) is 28.2 Å². The lowest BCUT2D eigenvalue weighted by Crippen LogP contribution is -2.10. The van der Waals surface area contributed by atoms with Gasteiger partial charge in [0.2, 0.25) is 5.89 Å². The number of aryl methyl sites for hydroxylation is 1. The summed E-state index contributed by atoms with van der Waals surface area (Å²) in [6.07, 6.45) is 1.82. The molecule has 2 aromatic heterocycles. The quantitative estimate of drug-likeness (QED) is 0.841. The van der Waals surface area contributed by atoms with Gasteiger partial charge in [0.25, 0.3) is 0 Å². The summed E-state index contributed by atoms with van der Waals surface area (Å²) in [6, 6.07) is 5.99. The van der Waals surface area contributed by atoms with Crippen LogP contribution in [0, 0.1) is 6.92 Å². The van der Waals surface area contributed by atoms with Crippen LogP contribution in [0.2, 0.25) is 0 Å². The summed E-state index contributed by atoms with van der Waals surface area (Å²) < 4.78 is 5.27. The molecule has 0 amide bonds. The second-order valence-electron chi connectivity index (χ2n) is 4.31. The lowest BCUT2D eigenvalue weighted by Gasteiger charge is -2.13. The largest absolute Gasteiger partial charge is 0.339 e. The molecule has 0 aliphatic carbocycles. The highest BCUT2D eigenvalue weighted by atomic mass is 16.5. The first-order valence-electron chi connectivity index (χ1n) is 5.76. The fourth-order valence-electron chi connectivity index (χ4n) is 2.31. The van der Waals surface area contributed by atoms with Crippen LogP contribution in [0.5, 0.6) is 0 Å². The summed E-state index contributed by atoms with van der Waals surface area (Å²) in [5, 5.41) is 7.22. The van der Waals surface area contributed by atoms with Gasteiger partial charge in [-0.2, -0.15) is 4.98 Å². The van der Waals surface area contributed by atoms with Crippen LogP contribution in [0.25, 0.3) is 0 Å². The van der Waals surface area contributed by atoms with Crippen molar-refractivity contribution < 1.29 is 4.52 Å². The molecule has 2 unspecified atom stereocenters. The number of rotatable bonds is 2. The number of pyridine rings is 1. The van der Waals surface area contributed by atoms with E-state index in [0.717, 1.165) is 18.8 Å². The van der Waals surface area contributed by atoms with E-state index >= 15 is 0 Å². The third-order valence-corrected chi connectivity index (χ3v) is 3.14. The van der Waals surface area contributed by atoms with E-state index in [0.29, 0.717) is 17.6 Å². The fourth-order valence-corrected chi connectivity index (χ4v) is 2.31. The Morgan fingerprint density at radius 2 is 2.18 bits per heavy atom. The Balaban J connectivity index is 1.90. The Hall–Kier alpha value is -1.75. The van der Waals surface area contributed by atoms with Crippen molar-refractivity contribution in [3.8, 4) is 0 Å². The zero-order valence-electron chi connectivity index (χ0n) is 9.63. The highest BCUT2D eigenvalue weighted by molar-refractivity contribution is 5.19. The Kier molecular flexibility index (Phi) is 2.60. The molecule has 3 heterocycles. The molecule has 0 spiro atoms. The average Bonchev–Trinajstić information content (AvgIpc) is 2.98. The molecule has 1 N–H and O–H groups in total. The smallest absolute Gasteiger partial charge is 0.231 e. The number of aromatic nitrogens is 3. The predicted octanol–water partition coefficient (Wildman–Crippen LogP) is 1.24. The Labute approximate surface area is 99.3 Å². The summed E-state index contributed by atoms with van der Waals surface area (Å²) >= 11 is 0. The van der Waals surface area contributed by atoms with E-state index < -0.39 is 0 Å². The molecule has 1 fully saturated rings. The van der Waals surface area contributed by atoms with Gasteiger partial charge >= 0.3 is 0 Å². The summed E-state index contributed by atoms with van der Waals surface area (Å²) in [5.74, 6) is 1.94. The van der Waals surface area contributed by atoms with Crippen molar-refractivity contribution in [2.45, 2.75) is 18.8 Å². The molecule has 3 rings (SSSR count). The maximum atomic E-state index is 5.27. The Morgan fingerprint density at radius 1 is 1.29 bits per heavy atom. The molecule has 88 valence electrons. The fraction of sp³-hybridized carbons (Fsp3) is 0.417. The van der Waals surface area contributed by atoms with Gasteiger partial charge in [0.15, 0.2) is 5.82 Å². The molecule has 5 nitrogen and oxygen atoms in total. The molecular formula is C12H14N4O. The van der Waals surface area contributed by atoms with Gasteiger partial charge in [0.05, 0.1) is 5.92 Å². The van der Waals surface area contributed by atoms with E-state index in [1.165, 1.54) is 0 Å². The topological polar surface area (TPSA) is 63.8 Å². The van der Waals surface area contributed by atoms with Gasteiger partial charge in [0.1, 0.15) is 0 Å². The van der Waals surface area contributed by atoms with E-state index in [4.69, 9.17) is 4.52 Å². The molecule has 0 bridgehead atoms. The number of nitrogens with one attached hydrogen (secondary N) is 1. The molecule has 1 aliphatic heterocycles. The molecule has 2 aromatic rings. The summed E-state index contributed by atoms with van der Waals surface area (Å²) in [6.45, 7) is 3.61. The zero-order chi connectivity index (χ0) is 11.7. The first-order valence-corrected chi connectivity index (χ1v) is 5.76. The van der Waals surface area contributed by atoms with Crippen LogP contribution in [0.3, 0.4) is 0 Å². The van der Waals surface area contributed by atoms with Crippen molar-refractivity contribution in [2.24, 2.45) is 0 Å². The maximum absolute atomic E-state index is 5.27. The van der Waals surface area contributed by atoms with Gasteiger partial charge in [-0.15, -0.1) is 0 Å². The van der Waals surface area contributed by atoms with Crippen molar-refractivity contribution in [3.63, 3.8) is 0 Å². The molecule has 2 atom stereocenters. The molecular weight excluding hydrogens is 216 g/mol. The first-order chi connectivity index (χ1) is 8.34. The third kappa shape index (κ3) is 1.93. The van der Waals surface area contributed by atoms with Crippen molar-refractivity contribution in [2.75, 3.05) is 13.1 Å². The van der Waals surface area contributed by atoms with Crippen molar-refractivity contribution in [1.82, 2.24) is 20.4 Å². The number of hydrogen-bond donors (Lipinski definition) is 1. The summed E-state index contributed by atoms with van der Waals surface area (Å²) in [7, 11) is 0. The maximum Gasteiger partial charge on any atom is 0.231 e. The molecule has 0 aromatic carbocycles. The number of nitrogens with zero attached hydrogens (tertiary/aromatic N) is 3. The van der Waals surface area contributed by atoms with E-state index in [1.807, 2.05) is 31.3 Å². The van der Waals surface area contributed by atoms with Gasteiger partial charge < -0.3 is 9.84 Å². The monoisotopic (exact) mass is 230 g/mol. The lowest BCUT2D eigenvalue weighted by atomic mass is 9.92. The predicted molar refractivity (Wildman–Crippen MR) is 61.6 cm³/mol. The second kappa shape index (κ2) is 4.25. The van der Waals surface area contributed by atoms with Gasteiger partial charge in [-0.05, 0) is 19.1 Å². The van der Waals surface area contributed by atoms with Crippen LogP contribution >= 0.6 is 0 Å². The van der Waals surface area contributed by atoms with Crippen LogP contribution in [-0.2, 0) is 0 Å². The first kappa shape index (κ1) is 10.4. The molecule has 5 heteroatoms. The van der Waals surface area contributed by atoms with Gasteiger partial charge in [-0.3, -0.25) is 4.98 Å². The van der Waals surface area contributed by atoms with Crippen molar-refractivity contribution in [3.05, 3.63) is 41.8 Å². The Bertz CT molecular complexity index is 496. The number of hydrogen-bond acceptors (Lipinski definition) is 5. The normalized spacial score (nSPS) is 24.1. The molecule has 0 saturated carbocycles. The van der Waals surface area contributed by atoms with Crippen LogP contribution in [0.4, 0.5) is 0 Å². The molecule has 1 saturated heterocycles. The van der Waals surface area contributed by atoms with E-state index in [-0.39, 0.29) is 5.92 Å². The van der Waals surface area contributed by atoms with Gasteiger partial charge in [0, 0.05) is 30.9 Å². The van der Waals surface area contributed by atoms with E-state index in [9.17, 15) is 0 Å². The Morgan fingerprint density at radius 3 is 2.88 bits per heavy atom. The SMILES string of the molecule is Cc1noc(C2CNCC2c2ccccn2)n1. The minimum Gasteiger partial charge on any atom is -0.339 e. The van der Waals surface area contributed by atoms with E-state index in [2.05, 4.69) is 20.4 Å². The second-order valence-corrected chi connectivity index (χ2v) is 4.31. The summed E-state index contributed by atoms with van der Waals surface area (Å²) in [5.41, 5.74) is 1.08. The lowest BCUT2D eigenvalue weighted by molar-refractivity contribution is 0.347. The molecule has 0 radical (unpaired) electrons. The minimum absolute atomic E-state index is 0.228. The standard InChI is InChI=1S/C12H14N4O/c1-8-15-12(17-16-8)10-7-13-6-9(10)11-4-2-3-5-14-11/h2-5,9-10,13H,6-7H2,1H3. The average molecular weight is 230 g/mol. The van der Waals surface area contributed by atoms with Crippen molar-refractivity contribution in [1.29, 1.82) is 0 Å².